The van der Waals surface area contributed by atoms with E-state index in [4.69, 9.17) is 15.4 Å². The van der Waals surface area contributed by atoms with Crippen LogP contribution in [-0.4, -0.2) is 12.5 Å². The normalized spacial score (nSPS) is 7.50. The lowest BCUT2D eigenvalue weighted by molar-refractivity contribution is -0.141. The van der Waals surface area contributed by atoms with Crippen LogP contribution in [0.3, 0.4) is 0 Å². The van der Waals surface area contributed by atoms with E-state index >= 15 is 0 Å². The summed E-state index contributed by atoms with van der Waals surface area (Å²) >= 11 is 0. The second-order valence-corrected chi connectivity index (χ2v) is 1.23. The number of ether oxygens (including phenoxy) is 1. The molecule has 3 heteroatoms. The van der Waals surface area contributed by atoms with Gasteiger partial charge in [0.2, 0.25) is 0 Å². The van der Waals surface area contributed by atoms with Crippen molar-refractivity contribution in [1.82, 2.24) is 0 Å². The van der Waals surface area contributed by atoms with Crippen molar-refractivity contribution < 1.29 is 10.1 Å². The van der Waals surface area contributed by atoms with Crippen molar-refractivity contribution in [2.75, 3.05) is 6.61 Å². The zero-order valence-corrected chi connectivity index (χ0v) is 4.85. The van der Waals surface area contributed by atoms with Crippen LogP contribution in [0.25, 0.3) is 0 Å². The first kappa shape index (κ1) is 6.96. The van der Waals surface area contributed by atoms with E-state index in [1.807, 2.05) is 13.0 Å². The van der Waals surface area contributed by atoms with E-state index in [-0.39, 0.29) is 6.42 Å². The summed E-state index contributed by atoms with van der Waals surface area (Å²) < 4.78 is 4.75. The summed E-state index contributed by atoms with van der Waals surface area (Å²) in [6.45, 7) is 2.36. The number of nitrogens with two attached hydrogens (primary N) is 1. The Balaban J connectivity index is 3.23. The fourth-order valence-corrected chi connectivity index (χ4v) is 0.314. The SMILES string of the molecule is CCOC(=[NH2+])CC#N. The maximum absolute atomic E-state index is 8.03. The van der Waals surface area contributed by atoms with E-state index in [1.54, 1.807) is 0 Å². The highest BCUT2D eigenvalue weighted by molar-refractivity contribution is 5.71. The molecule has 0 saturated heterocycles. The van der Waals surface area contributed by atoms with E-state index in [1.165, 1.54) is 0 Å². The third-order valence-electron chi connectivity index (χ3n) is 0.583. The monoisotopic (exact) mass is 113 g/mol. The molecule has 0 fully saturated rings. The molecular formula is C5H9N2O+. The molecule has 0 aromatic heterocycles. The standard InChI is InChI=1S/C5H8N2O/c1-2-8-5(7)3-4-6/h7H,2-3H2,1H3/p+1. The summed E-state index contributed by atoms with van der Waals surface area (Å²) in [7, 11) is 0. The molecule has 2 N–H and O–H groups in total. The summed E-state index contributed by atoms with van der Waals surface area (Å²) in [5, 5.41) is 13.2. The lowest BCUT2D eigenvalue weighted by atomic mass is 10.5. The molecule has 0 amide bonds. The number of rotatable bonds is 2. The van der Waals surface area contributed by atoms with Crippen molar-refractivity contribution >= 4 is 5.90 Å². The maximum atomic E-state index is 8.03. The second kappa shape index (κ2) is 4.13. The van der Waals surface area contributed by atoms with Crippen molar-refractivity contribution in [1.29, 1.82) is 5.26 Å². The highest BCUT2D eigenvalue weighted by Gasteiger charge is 1.97. The van der Waals surface area contributed by atoms with Crippen molar-refractivity contribution in [3.05, 3.63) is 0 Å². The molecule has 0 rings (SSSR count). The third-order valence-corrected chi connectivity index (χ3v) is 0.583. The van der Waals surface area contributed by atoms with Gasteiger partial charge in [-0.1, -0.05) is 0 Å². The molecule has 0 aliphatic heterocycles. The molecule has 0 aliphatic carbocycles. The summed E-state index contributed by atoms with van der Waals surface area (Å²) in [6, 6.07) is 1.87. The maximum Gasteiger partial charge on any atom is 0.347 e. The van der Waals surface area contributed by atoms with Crippen molar-refractivity contribution in [2.24, 2.45) is 0 Å². The molecule has 0 heterocycles. The summed E-state index contributed by atoms with van der Waals surface area (Å²) in [6.07, 6.45) is 0.188. The van der Waals surface area contributed by atoms with E-state index in [9.17, 15) is 0 Å². The molecule has 0 atom stereocenters. The van der Waals surface area contributed by atoms with Crippen LogP contribution in [0.15, 0.2) is 0 Å². The van der Waals surface area contributed by atoms with Gasteiger partial charge in [-0.05, 0) is 6.92 Å². The Bertz CT molecular complexity index is 114. The molecule has 0 saturated carbocycles. The van der Waals surface area contributed by atoms with E-state index in [0.29, 0.717) is 12.5 Å². The third kappa shape index (κ3) is 3.16. The van der Waals surface area contributed by atoms with E-state index in [2.05, 4.69) is 0 Å². The molecule has 0 aromatic rings. The van der Waals surface area contributed by atoms with Gasteiger partial charge in [-0.25, -0.2) is 5.41 Å². The summed E-state index contributed by atoms with van der Waals surface area (Å²) in [4.78, 5) is 0. The van der Waals surface area contributed by atoms with Crippen LogP contribution in [0.4, 0.5) is 0 Å². The minimum absolute atomic E-state index is 0.188. The number of hydrogen-bond donors (Lipinski definition) is 1. The van der Waals surface area contributed by atoms with Crippen molar-refractivity contribution in [2.45, 2.75) is 13.3 Å². The molecule has 44 valence electrons. The Morgan fingerprint density at radius 3 is 2.88 bits per heavy atom. The largest absolute Gasteiger partial charge is 0.448 e. The predicted molar refractivity (Wildman–Crippen MR) is 28.8 cm³/mol. The van der Waals surface area contributed by atoms with E-state index in [0.717, 1.165) is 0 Å². The molecule has 0 unspecified atom stereocenters. The van der Waals surface area contributed by atoms with Gasteiger partial charge in [0.25, 0.3) is 0 Å². The van der Waals surface area contributed by atoms with Crippen LogP contribution in [0.1, 0.15) is 13.3 Å². The summed E-state index contributed by atoms with van der Waals surface area (Å²) in [5.41, 5.74) is 0. The average Bonchev–Trinajstić information content (AvgIpc) is 1.68. The van der Waals surface area contributed by atoms with Crippen LogP contribution in [0.5, 0.6) is 0 Å². The Morgan fingerprint density at radius 1 is 1.88 bits per heavy atom. The van der Waals surface area contributed by atoms with Gasteiger partial charge >= 0.3 is 5.90 Å². The van der Waals surface area contributed by atoms with Crippen LogP contribution in [-0.2, 0) is 4.74 Å². The van der Waals surface area contributed by atoms with Crippen molar-refractivity contribution in [3.8, 4) is 6.07 Å². The molecule has 0 spiro atoms. The molecule has 3 nitrogen and oxygen atoms in total. The fraction of sp³-hybridized carbons (Fsp3) is 0.600. The summed E-state index contributed by atoms with van der Waals surface area (Å²) in [5.74, 6) is 0.301. The first-order chi connectivity index (χ1) is 3.81. The fourth-order valence-electron chi connectivity index (χ4n) is 0.314. The van der Waals surface area contributed by atoms with Crippen LogP contribution in [0.2, 0.25) is 0 Å². The Kier molecular flexibility index (Phi) is 3.59. The molecule has 0 aliphatic rings. The lowest BCUT2D eigenvalue weighted by Gasteiger charge is -1.90. The Hall–Kier alpha value is -1.04. The minimum Gasteiger partial charge on any atom is -0.448 e. The zero-order valence-electron chi connectivity index (χ0n) is 4.85. The minimum atomic E-state index is 0.188. The van der Waals surface area contributed by atoms with Gasteiger partial charge in [-0.15, -0.1) is 0 Å². The number of nitriles is 1. The van der Waals surface area contributed by atoms with E-state index < -0.39 is 0 Å². The van der Waals surface area contributed by atoms with Crippen LogP contribution in [0, 0.1) is 11.3 Å². The predicted octanol–water partition coefficient (Wildman–Crippen LogP) is -0.906. The smallest absolute Gasteiger partial charge is 0.347 e. The second-order valence-electron chi connectivity index (χ2n) is 1.23. The van der Waals surface area contributed by atoms with Gasteiger partial charge < -0.3 is 4.74 Å². The molecule has 0 radical (unpaired) electrons. The van der Waals surface area contributed by atoms with Gasteiger partial charge in [0.15, 0.2) is 6.42 Å². The average molecular weight is 113 g/mol. The molecule has 8 heavy (non-hydrogen) atoms. The Labute approximate surface area is 48.4 Å². The topological polar surface area (TPSA) is 58.6 Å². The molecule has 0 bridgehead atoms. The Morgan fingerprint density at radius 2 is 2.50 bits per heavy atom. The quantitative estimate of drug-likeness (QED) is 0.372. The zero-order chi connectivity index (χ0) is 6.41. The van der Waals surface area contributed by atoms with Gasteiger partial charge in [-0.2, -0.15) is 5.26 Å². The van der Waals surface area contributed by atoms with Crippen LogP contribution < -0.4 is 5.41 Å². The highest BCUT2D eigenvalue weighted by atomic mass is 16.5. The van der Waals surface area contributed by atoms with Crippen LogP contribution >= 0.6 is 0 Å². The lowest BCUT2D eigenvalue weighted by Crippen LogP contribution is -2.41. The first-order valence-electron chi connectivity index (χ1n) is 2.42. The molecule has 0 aromatic carbocycles. The van der Waals surface area contributed by atoms with Gasteiger partial charge in [0.05, 0.1) is 12.7 Å². The number of hydrogen-bond acceptors (Lipinski definition) is 2. The van der Waals surface area contributed by atoms with Gasteiger partial charge in [0, 0.05) is 0 Å². The van der Waals surface area contributed by atoms with Gasteiger partial charge in [0.1, 0.15) is 0 Å². The highest BCUT2D eigenvalue weighted by Crippen LogP contribution is 1.77. The van der Waals surface area contributed by atoms with Gasteiger partial charge in [-0.3, -0.25) is 0 Å². The van der Waals surface area contributed by atoms with Crippen molar-refractivity contribution in [3.63, 3.8) is 0 Å². The molecular weight excluding hydrogens is 104 g/mol. The first-order valence-corrected chi connectivity index (χ1v) is 2.42. The number of nitrogens with zero attached hydrogens (tertiary/aromatic N) is 1.